The summed E-state index contributed by atoms with van der Waals surface area (Å²) in [6.07, 6.45) is 4.80. The van der Waals surface area contributed by atoms with Gasteiger partial charge in [-0.3, -0.25) is 4.79 Å². The van der Waals surface area contributed by atoms with Crippen LogP contribution in [0.1, 0.15) is 39.0 Å². The van der Waals surface area contributed by atoms with Gasteiger partial charge < -0.3 is 18.6 Å². The molecule has 41 heavy (non-hydrogen) atoms. The Hall–Kier alpha value is -4.91. The van der Waals surface area contributed by atoms with Crippen LogP contribution in [0, 0.1) is 6.92 Å². The van der Waals surface area contributed by atoms with Crippen molar-refractivity contribution in [1.82, 2.24) is 14.5 Å². The van der Waals surface area contributed by atoms with Gasteiger partial charge in [0.1, 0.15) is 11.8 Å². The third-order valence-corrected chi connectivity index (χ3v) is 7.13. The number of nitrogens with zero attached hydrogens (tertiary/aromatic N) is 3. The normalized spacial score (nSPS) is 11.7. The number of hydrogen-bond acceptors (Lipinski definition) is 5. The molecule has 1 unspecified atom stereocenters. The Morgan fingerprint density at radius 3 is 2.17 bits per heavy atom. The molecule has 208 valence electrons. The molecule has 1 amide bonds. The number of oxazole rings is 1. The van der Waals surface area contributed by atoms with Crippen LogP contribution in [0.15, 0.2) is 114 Å². The molecule has 5 rings (SSSR count). The fourth-order valence-corrected chi connectivity index (χ4v) is 4.85. The summed E-state index contributed by atoms with van der Waals surface area (Å²) in [5, 5.41) is 0. The monoisotopic (exact) mass is 547 g/mol. The van der Waals surface area contributed by atoms with Crippen LogP contribution in [0.2, 0.25) is 0 Å². The highest BCUT2D eigenvalue weighted by atomic mass is 16.5. The molecule has 0 aliphatic heterocycles. The molecule has 0 aliphatic rings. The van der Waals surface area contributed by atoms with Gasteiger partial charge in [-0.25, -0.2) is 9.78 Å². The maximum Gasteiger partial charge on any atom is 0.329 e. The Labute approximate surface area is 240 Å². The second-order valence-corrected chi connectivity index (χ2v) is 9.92. The summed E-state index contributed by atoms with van der Waals surface area (Å²) in [5.41, 5.74) is 4.40. The van der Waals surface area contributed by atoms with E-state index in [1.165, 1.54) is 7.11 Å². The van der Waals surface area contributed by atoms with Crippen molar-refractivity contribution >= 4 is 11.9 Å². The van der Waals surface area contributed by atoms with Crippen LogP contribution >= 0.6 is 0 Å². The highest BCUT2D eigenvalue weighted by Crippen LogP contribution is 2.23. The molecule has 0 radical (unpaired) electrons. The topological polar surface area (TPSA) is 77.6 Å². The Balaban J connectivity index is 1.32. The van der Waals surface area contributed by atoms with Crippen molar-refractivity contribution in [3.8, 4) is 11.5 Å². The van der Waals surface area contributed by atoms with Crippen molar-refractivity contribution in [3.05, 3.63) is 138 Å². The van der Waals surface area contributed by atoms with Crippen LogP contribution in [0.4, 0.5) is 0 Å². The van der Waals surface area contributed by atoms with Crippen LogP contribution in [0.3, 0.4) is 0 Å². The molecule has 2 heterocycles. The molecule has 0 aliphatic carbocycles. The van der Waals surface area contributed by atoms with E-state index >= 15 is 0 Å². The molecule has 1 atom stereocenters. The second-order valence-electron chi connectivity index (χ2n) is 9.92. The van der Waals surface area contributed by atoms with Gasteiger partial charge in [0.25, 0.3) is 5.91 Å². The van der Waals surface area contributed by atoms with Gasteiger partial charge in [0.05, 0.1) is 12.8 Å². The first-order valence-corrected chi connectivity index (χ1v) is 13.7. The maximum atomic E-state index is 13.6. The van der Waals surface area contributed by atoms with Gasteiger partial charge >= 0.3 is 5.97 Å². The largest absolute Gasteiger partial charge is 0.467 e. The van der Waals surface area contributed by atoms with E-state index in [1.54, 1.807) is 0 Å². The molecule has 3 aromatic carbocycles. The van der Waals surface area contributed by atoms with Gasteiger partial charge in [-0.05, 0) is 54.4 Å². The van der Waals surface area contributed by atoms with Gasteiger partial charge in [0.2, 0.25) is 5.89 Å². The van der Waals surface area contributed by atoms with Crippen LogP contribution in [-0.2, 0) is 28.9 Å². The number of benzene rings is 3. The molecule has 0 saturated carbocycles. The van der Waals surface area contributed by atoms with E-state index in [4.69, 9.17) is 14.1 Å². The molecule has 7 heteroatoms. The number of ether oxygens (including phenoxy) is 1. The molecule has 2 aromatic heterocycles. The van der Waals surface area contributed by atoms with E-state index in [0.717, 1.165) is 28.1 Å². The fraction of sp³-hybridized carbons (Fsp3) is 0.206. The first-order valence-electron chi connectivity index (χ1n) is 13.7. The summed E-state index contributed by atoms with van der Waals surface area (Å²) < 4.78 is 12.8. The molecule has 0 N–H and O–H groups in total. The highest BCUT2D eigenvalue weighted by molar-refractivity contribution is 5.94. The first-order chi connectivity index (χ1) is 20.0. The number of amides is 1. The zero-order valence-electron chi connectivity index (χ0n) is 23.3. The van der Waals surface area contributed by atoms with Gasteiger partial charge in [0, 0.05) is 49.5 Å². The lowest BCUT2D eigenvalue weighted by atomic mass is 10.0. The third kappa shape index (κ3) is 6.81. The summed E-state index contributed by atoms with van der Waals surface area (Å²) in [4.78, 5) is 32.6. The lowest BCUT2D eigenvalue weighted by Crippen LogP contribution is -2.32. The average Bonchev–Trinajstić information content (AvgIpc) is 3.69. The SMILES string of the molecule is COC(=O)C(Cc1ccc(CN(CCc2nc(-c3ccccc3)oc2C)C(=O)c2ccccc2)cc1)n1cccc1. The van der Waals surface area contributed by atoms with Crippen LogP contribution < -0.4 is 0 Å². The standard InChI is InChI=1S/C34H33N3O4/c1-25-30(35-32(41-25)28-11-5-3-6-12-28)19-22-37(33(38)29-13-7-4-8-14-29)24-27-17-15-26(16-18-27)23-31(34(39)40-2)36-20-9-10-21-36/h3-18,20-21,31H,19,22-24H2,1-2H3. The van der Waals surface area contributed by atoms with E-state index in [1.807, 2.05) is 126 Å². The van der Waals surface area contributed by atoms with Crippen molar-refractivity contribution in [2.45, 2.75) is 32.4 Å². The number of hydrogen-bond donors (Lipinski definition) is 0. The number of rotatable bonds is 11. The van der Waals surface area contributed by atoms with Crippen molar-refractivity contribution in [2.24, 2.45) is 0 Å². The maximum absolute atomic E-state index is 13.6. The van der Waals surface area contributed by atoms with E-state index in [-0.39, 0.29) is 11.9 Å². The zero-order chi connectivity index (χ0) is 28.6. The quantitative estimate of drug-likeness (QED) is 0.182. The minimum atomic E-state index is -0.441. The first kappa shape index (κ1) is 27.6. The molecular formula is C34H33N3O4. The van der Waals surface area contributed by atoms with Crippen LogP contribution in [-0.4, -0.2) is 40.0 Å². The molecule has 7 nitrogen and oxygen atoms in total. The molecule has 0 spiro atoms. The highest BCUT2D eigenvalue weighted by Gasteiger charge is 2.22. The van der Waals surface area contributed by atoms with E-state index < -0.39 is 6.04 Å². The lowest BCUT2D eigenvalue weighted by molar-refractivity contribution is -0.144. The van der Waals surface area contributed by atoms with Gasteiger partial charge in [-0.1, -0.05) is 60.7 Å². The van der Waals surface area contributed by atoms with Crippen molar-refractivity contribution in [2.75, 3.05) is 13.7 Å². The van der Waals surface area contributed by atoms with Gasteiger partial charge in [-0.2, -0.15) is 0 Å². The van der Waals surface area contributed by atoms with Crippen molar-refractivity contribution < 1.29 is 18.7 Å². The Bertz CT molecular complexity index is 1560. The predicted octanol–water partition coefficient (Wildman–Crippen LogP) is 6.29. The van der Waals surface area contributed by atoms with Crippen molar-refractivity contribution in [1.29, 1.82) is 0 Å². The number of aryl methyl sites for hydroxylation is 1. The van der Waals surface area contributed by atoms with Crippen LogP contribution in [0.5, 0.6) is 0 Å². The summed E-state index contributed by atoms with van der Waals surface area (Å²) in [5.74, 6) is 1.00. The molecular weight excluding hydrogens is 514 g/mol. The summed E-state index contributed by atoms with van der Waals surface area (Å²) in [6, 6.07) is 30.5. The van der Waals surface area contributed by atoms with E-state index in [2.05, 4.69) is 0 Å². The Morgan fingerprint density at radius 2 is 1.51 bits per heavy atom. The Kier molecular flexibility index (Phi) is 8.74. The smallest absolute Gasteiger partial charge is 0.329 e. The number of methoxy groups -OCH3 is 1. The third-order valence-electron chi connectivity index (χ3n) is 7.13. The second kappa shape index (κ2) is 13.0. The minimum Gasteiger partial charge on any atom is -0.467 e. The summed E-state index contributed by atoms with van der Waals surface area (Å²) >= 11 is 0. The minimum absolute atomic E-state index is 0.0440. The number of aromatic nitrogens is 2. The fourth-order valence-electron chi connectivity index (χ4n) is 4.85. The molecule has 0 saturated heterocycles. The molecule has 5 aromatic rings. The number of carbonyl (C=O) groups is 2. The molecule has 0 fully saturated rings. The van der Waals surface area contributed by atoms with Crippen molar-refractivity contribution in [3.63, 3.8) is 0 Å². The van der Waals surface area contributed by atoms with Crippen LogP contribution in [0.25, 0.3) is 11.5 Å². The van der Waals surface area contributed by atoms with Gasteiger partial charge in [-0.15, -0.1) is 0 Å². The average molecular weight is 548 g/mol. The number of esters is 1. The molecule has 0 bridgehead atoms. The number of carbonyl (C=O) groups excluding carboxylic acids is 2. The summed E-state index contributed by atoms with van der Waals surface area (Å²) in [7, 11) is 1.41. The summed E-state index contributed by atoms with van der Waals surface area (Å²) in [6.45, 7) is 2.83. The van der Waals surface area contributed by atoms with E-state index in [0.29, 0.717) is 37.4 Å². The predicted molar refractivity (Wildman–Crippen MR) is 157 cm³/mol. The lowest BCUT2D eigenvalue weighted by Gasteiger charge is -2.23. The zero-order valence-corrected chi connectivity index (χ0v) is 23.3. The van der Waals surface area contributed by atoms with E-state index in [9.17, 15) is 9.59 Å². The van der Waals surface area contributed by atoms with Gasteiger partial charge in [0.15, 0.2) is 0 Å². The Morgan fingerprint density at radius 1 is 0.878 bits per heavy atom.